The van der Waals surface area contributed by atoms with Crippen molar-refractivity contribution >= 4 is 11.6 Å². The average Bonchev–Trinajstić information content (AvgIpc) is 3.15. The van der Waals surface area contributed by atoms with Crippen molar-refractivity contribution in [3.05, 3.63) is 82.7 Å². The third-order valence-corrected chi connectivity index (χ3v) is 4.08. The van der Waals surface area contributed by atoms with Crippen LogP contribution in [0.1, 0.15) is 22.5 Å². The molecule has 0 bridgehead atoms. The van der Waals surface area contributed by atoms with Crippen LogP contribution in [-0.2, 0) is 12.4 Å². The van der Waals surface area contributed by atoms with Gasteiger partial charge in [-0.25, -0.2) is 13.5 Å². The first-order valence-electron chi connectivity index (χ1n) is 8.32. The SMILES string of the molecule is N#CC(=Cc1ccc(-n2nc(C(F)(F)F)cc2C(F)(F)F)cc1)c1cc(F)ccc1F. The van der Waals surface area contributed by atoms with Gasteiger partial charge in [-0.05, 0) is 42.0 Å². The molecule has 0 unspecified atom stereocenters. The summed E-state index contributed by atoms with van der Waals surface area (Å²) in [4.78, 5) is 0. The molecule has 31 heavy (non-hydrogen) atoms. The van der Waals surface area contributed by atoms with Crippen LogP contribution in [0.3, 0.4) is 0 Å². The van der Waals surface area contributed by atoms with Gasteiger partial charge < -0.3 is 0 Å². The van der Waals surface area contributed by atoms with Crippen LogP contribution in [0.25, 0.3) is 17.3 Å². The van der Waals surface area contributed by atoms with Crippen molar-refractivity contribution in [2.75, 3.05) is 0 Å². The lowest BCUT2D eigenvalue weighted by Gasteiger charge is -2.10. The predicted octanol–water partition coefficient (Wildman–Crippen LogP) is 6.25. The monoisotopic (exact) mass is 443 g/mol. The second-order valence-electron chi connectivity index (χ2n) is 6.21. The number of rotatable bonds is 3. The van der Waals surface area contributed by atoms with Gasteiger partial charge in [-0.3, -0.25) is 0 Å². The molecule has 3 nitrogen and oxygen atoms in total. The van der Waals surface area contributed by atoms with Crippen LogP contribution in [0.5, 0.6) is 0 Å². The van der Waals surface area contributed by atoms with Gasteiger partial charge in [0.15, 0.2) is 5.69 Å². The van der Waals surface area contributed by atoms with Crippen molar-refractivity contribution in [2.24, 2.45) is 0 Å². The maximum atomic E-state index is 13.9. The first kappa shape index (κ1) is 22.0. The molecule has 0 atom stereocenters. The molecule has 0 aliphatic carbocycles. The average molecular weight is 443 g/mol. The minimum absolute atomic E-state index is 0.103. The fourth-order valence-corrected chi connectivity index (χ4v) is 2.67. The summed E-state index contributed by atoms with van der Waals surface area (Å²) in [5.74, 6) is -1.65. The van der Waals surface area contributed by atoms with Crippen LogP contribution in [-0.4, -0.2) is 9.78 Å². The standard InChI is InChI=1S/C20H9F8N3/c21-13-3-6-16(22)15(8-13)12(10-29)7-11-1-4-14(5-2-11)31-18(20(26,27)28)9-17(30-31)19(23,24)25/h1-9H. The zero-order valence-corrected chi connectivity index (χ0v) is 15.1. The minimum atomic E-state index is -5.10. The molecule has 0 saturated heterocycles. The van der Waals surface area contributed by atoms with Crippen LogP contribution in [0.2, 0.25) is 0 Å². The molecule has 1 aromatic heterocycles. The molecular formula is C20H9F8N3. The van der Waals surface area contributed by atoms with Gasteiger partial charge in [-0.15, -0.1) is 0 Å². The molecule has 0 spiro atoms. The molecule has 2 aromatic carbocycles. The molecule has 3 rings (SSSR count). The first-order chi connectivity index (χ1) is 14.4. The number of alkyl halides is 6. The number of aromatic nitrogens is 2. The second kappa shape index (κ2) is 7.86. The van der Waals surface area contributed by atoms with E-state index in [2.05, 4.69) is 5.10 Å². The normalized spacial score (nSPS) is 12.7. The Bertz CT molecular complexity index is 1180. The number of allylic oxidation sites excluding steroid dienone is 1. The molecule has 0 N–H and O–H groups in total. The molecule has 0 aliphatic heterocycles. The maximum absolute atomic E-state index is 13.9. The van der Waals surface area contributed by atoms with Crippen molar-refractivity contribution in [1.29, 1.82) is 5.26 Å². The lowest BCUT2D eigenvalue weighted by Crippen LogP contribution is -2.13. The Morgan fingerprint density at radius 1 is 0.903 bits per heavy atom. The number of halogens is 8. The molecule has 160 valence electrons. The smallest absolute Gasteiger partial charge is 0.228 e. The molecule has 0 radical (unpaired) electrons. The summed E-state index contributed by atoms with van der Waals surface area (Å²) < 4.78 is 105. The number of hydrogen-bond acceptors (Lipinski definition) is 2. The Morgan fingerprint density at radius 2 is 1.55 bits per heavy atom. The highest BCUT2D eigenvalue weighted by molar-refractivity contribution is 5.89. The molecule has 0 amide bonds. The summed E-state index contributed by atoms with van der Waals surface area (Å²) in [6.07, 6.45) is -9.03. The van der Waals surface area contributed by atoms with Crippen molar-refractivity contribution in [3.63, 3.8) is 0 Å². The summed E-state index contributed by atoms with van der Waals surface area (Å²) in [5.41, 5.74) is -4.04. The Morgan fingerprint density at radius 3 is 2.10 bits per heavy atom. The van der Waals surface area contributed by atoms with Gasteiger partial charge in [-0.1, -0.05) is 12.1 Å². The third kappa shape index (κ3) is 4.74. The fourth-order valence-electron chi connectivity index (χ4n) is 2.67. The second-order valence-corrected chi connectivity index (χ2v) is 6.21. The van der Waals surface area contributed by atoms with Gasteiger partial charge in [0.05, 0.1) is 17.3 Å². The summed E-state index contributed by atoms with van der Waals surface area (Å²) in [6.45, 7) is 0. The van der Waals surface area contributed by atoms with Crippen LogP contribution in [0, 0.1) is 23.0 Å². The Labute approximate surface area is 169 Å². The van der Waals surface area contributed by atoms with Crippen molar-refractivity contribution < 1.29 is 35.1 Å². The van der Waals surface area contributed by atoms with E-state index < -0.39 is 35.4 Å². The van der Waals surface area contributed by atoms with Gasteiger partial charge in [-0.2, -0.15) is 36.7 Å². The van der Waals surface area contributed by atoms with E-state index in [9.17, 15) is 40.4 Å². The van der Waals surface area contributed by atoms with Crippen LogP contribution in [0.4, 0.5) is 35.1 Å². The number of hydrogen-bond donors (Lipinski definition) is 0. The lowest BCUT2D eigenvalue weighted by molar-refractivity contribution is -0.143. The lowest BCUT2D eigenvalue weighted by atomic mass is 10.0. The maximum Gasteiger partial charge on any atom is 0.435 e. The van der Waals surface area contributed by atoms with Crippen LogP contribution in [0.15, 0.2) is 48.5 Å². The summed E-state index contributed by atoms with van der Waals surface area (Å²) in [5, 5.41) is 12.2. The fraction of sp³-hybridized carbons (Fsp3) is 0.100. The van der Waals surface area contributed by atoms with E-state index in [4.69, 9.17) is 0 Å². The molecule has 0 saturated carbocycles. The molecule has 0 aliphatic rings. The number of benzene rings is 2. The van der Waals surface area contributed by atoms with E-state index in [-0.39, 0.29) is 33.1 Å². The number of nitriles is 1. The minimum Gasteiger partial charge on any atom is -0.228 e. The molecule has 0 fully saturated rings. The summed E-state index contributed by atoms with van der Waals surface area (Å²) in [6, 6.07) is 8.56. The van der Waals surface area contributed by atoms with Gasteiger partial charge in [0, 0.05) is 11.6 Å². The topological polar surface area (TPSA) is 41.6 Å². The summed E-state index contributed by atoms with van der Waals surface area (Å²) >= 11 is 0. The van der Waals surface area contributed by atoms with E-state index in [1.807, 2.05) is 0 Å². The largest absolute Gasteiger partial charge is 0.435 e. The predicted molar refractivity (Wildman–Crippen MR) is 93.4 cm³/mol. The molecule has 1 heterocycles. The van der Waals surface area contributed by atoms with Crippen molar-refractivity contribution in [1.82, 2.24) is 9.78 Å². The first-order valence-corrected chi connectivity index (χ1v) is 8.32. The summed E-state index contributed by atoms with van der Waals surface area (Å²) in [7, 11) is 0. The Hall–Kier alpha value is -3.68. The van der Waals surface area contributed by atoms with E-state index in [1.54, 1.807) is 6.07 Å². The van der Waals surface area contributed by atoms with Gasteiger partial charge in [0.1, 0.15) is 17.3 Å². The zero-order chi connectivity index (χ0) is 23.0. The van der Waals surface area contributed by atoms with Gasteiger partial charge in [0.2, 0.25) is 0 Å². The molecular weight excluding hydrogens is 434 g/mol. The van der Waals surface area contributed by atoms with Gasteiger partial charge >= 0.3 is 12.4 Å². The van der Waals surface area contributed by atoms with E-state index in [0.717, 1.165) is 36.4 Å². The Balaban J connectivity index is 2.02. The van der Waals surface area contributed by atoms with E-state index in [0.29, 0.717) is 0 Å². The van der Waals surface area contributed by atoms with Gasteiger partial charge in [0.25, 0.3) is 0 Å². The quantitative estimate of drug-likeness (QED) is 0.273. The van der Waals surface area contributed by atoms with Crippen molar-refractivity contribution in [3.8, 4) is 11.8 Å². The van der Waals surface area contributed by atoms with Crippen LogP contribution < -0.4 is 0 Å². The van der Waals surface area contributed by atoms with E-state index in [1.165, 1.54) is 12.1 Å². The van der Waals surface area contributed by atoms with E-state index >= 15 is 0 Å². The molecule has 3 aromatic rings. The van der Waals surface area contributed by atoms with Crippen LogP contribution >= 0.6 is 0 Å². The Kier molecular flexibility index (Phi) is 5.59. The zero-order valence-electron chi connectivity index (χ0n) is 15.1. The van der Waals surface area contributed by atoms with Crippen molar-refractivity contribution in [2.45, 2.75) is 12.4 Å². The highest BCUT2D eigenvalue weighted by atomic mass is 19.4. The third-order valence-electron chi connectivity index (χ3n) is 4.08. The number of nitrogens with zero attached hydrogens (tertiary/aromatic N) is 3. The highest BCUT2D eigenvalue weighted by Gasteiger charge is 2.42. The highest BCUT2D eigenvalue weighted by Crippen LogP contribution is 2.36. The molecule has 11 heteroatoms.